The Balaban J connectivity index is 2.28. The second-order valence-electron chi connectivity index (χ2n) is 3.54. The van der Waals surface area contributed by atoms with Gasteiger partial charge in [0, 0.05) is 12.6 Å². The van der Waals surface area contributed by atoms with Crippen LogP contribution in [0.5, 0.6) is 0 Å². The fourth-order valence-corrected chi connectivity index (χ4v) is 1.74. The Hall–Kier alpha value is -0.870. The number of amides is 1. The smallest absolute Gasteiger partial charge is 0.234 e. The highest BCUT2D eigenvalue weighted by Crippen LogP contribution is 2.15. The molecule has 1 rings (SSSR count). The molecule has 2 N–H and O–H groups in total. The maximum atomic E-state index is 11.3. The molecule has 1 heterocycles. The lowest BCUT2D eigenvalue weighted by Gasteiger charge is -2.21. The molecule has 0 saturated carbocycles. The summed E-state index contributed by atoms with van der Waals surface area (Å²) in [6, 6.07) is 0.171. The van der Waals surface area contributed by atoms with Gasteiger partial charge in [0.15, 0.2) is 0 Å². The van der Waals surface area contributed by atoms with Gasteiger partial charge in [-0.2, -0.15) is 0 Å². The highest BCUT2D eigenvalue weighted by atomic mass is 16.3. The summed E-state index contributed by atoms with van der Waals surface area (Å²) in [6.07, 6.45) is 3.72. The Morgan fingerprint density at radius 1 is 1.71 bits per heavy atom. The highest BCUT2D eigenvalue weighted by molar-refractivity contribution is 5.78. The Kier molecular flexibility index (Phi) is 4.62. The van der Waals surface area contributed by atoms with E-state index in [9.17, 15) is 4.79 Å². The van der Waals surface area contributed by atoms with Crippen molar-refractivity contribution in [2.45, 2.75) is 18.9 Å². The largest absolute Gasteiger partial charge is 0.395 e. The Bertz CT molecular complexity index is 206. The molecule has 0 aromatic heterocycles. The quantitative estimate of drug-likeness (QED) is 0.599. The van der Waals surface area contributed by atoms with E-state index in [2.05, 4.69) is 11.9 Å². The summed E-state index contributed by atoms with van der Waals surface area (Å²) in [5, 5.41) is 11.8. The number of nitrogens with one attached hydrogen (secondary N) is 1. The number of nitrogens with zero attached hydrogens (tertiary/aromatic N) is 1. The van der Waals surface area contributed by atoms with Crippen molar-refractivity contribution in [3.8, 4) is 0 Å². The Morgan fingerprint density at radius 3 is 3.14 bits per heavy atom. The Labute approximate surface area is 84.6 Å². The number of carbonyl (C=O) groups is 1. The van der Waals surface area contributed by atoms with Crippen LogP contribution in [0.25, 0.3) is 0 Å². The second-order valence-corrected chi connectivity index (χ2v) is 3.54. The van der Waals surface area contributed by atoms with Gasteiger partial charge in [0.1, 0.15) is 0 Å². The normalized spacial score (nSPS) is 22.2. The lowest BCUT2D eigenvalue weighted by atomic mass is 10.2. The van der Waals surface area contributed by atoms with Gasteiger partial charge >= 0.3 is 0 Å². The SMILES string of the molecule is C=CCNC(=O)CN1CCCC1CO. The van der Waals surface area contributed by atoms with Crippen LogP contribution in [0.3, 0.4) is 0 Å². The number of hydrogen-bond donors (Lipinski definition) is 2. The predicted molar refractivity (Wildman–Crippen MR) is 54.9 cm³/mol. The minimum atomic E-state index is 0.00486. The van der Waals surface area contributed by atoms with Gasteiger partial charge in [0.05, 0.1) is 13.2 Å². The van der Waals surface area contributed by atoms with Gasteiger partial charge in [-0.25, -0.2) is 0 Å². The van der Waals surface area contributed by atoms with Gasteiger partial charge in [-0.15, -0.1) is 6.58 Å². The summed E-state index contributed by atoms with van der Waals surface area (Å²) in [5.41, 5.74) is 0. The zero-order chi connectivity index (χ0) is 10.4. The van der Waals surface area contributed by atoms with Gasteiger partial charge in [0.25, 0.3) is 0 Å². The number of aliphatic hydroxyl groups excluding tert-OH is 1. The first-order valence-corrected chi connectivity index (χ1v) is 5.00. The molecule has 4 nitrogen and oxygen atoms in total. The van der Waals surface area contributed by atoms with Crippen molar-refractivity contribution >= 4 is 5.91 Å². The summed E-state index contributed by atoms with van der Waals surface area (Å²) in [4.78, 5) is 13.4. The minimum Gasteiger partial charge on any atom is -0.395 e. The van der Waals surface area contributed by atoms with Crippen molar-refractivity contribution in [3.63, 3.8) is 0 Å². The molecule has 1 unspecified atom stereocenters. The van der Waals surface area contributed by atoms with E-state index >= 15 is 0 Å². The van der Waals surface area contributed by atoms with E-state index in [0.29, 0.717) is 13.1 Å². The van der Waals surface area contributed by atoms with E-state index < -0.39 is 0 Å². The standard InChI is InChI=1S/C10H18N2O2/c1-2-5-11-10(14)7-12-6-3-4-9(12)8-13/h2,9,13H,1,3-8H2,(H,11,14). The van der Waals surface area contributed by atoms with Crippen LogP contribution in [0.1, 0.15) is 12.8 Å². The molecular formula is C10H18N2O2. The third kappa shape index (κ3) is 3.12. The molecule has 14 heavy (non-hydrogen) atoms. The first kappa shape index (κ1) is 11.2. The van der Waals surface area contributed by atoms with Crippen molar-refractivity contribution in [1.82, 2.24) is 10.2 Å². The molecule has 1 saturated heterocycles. The van der Waals surface area contributed by atoms with Crippen LogP contribution in [0.2, 0.25) is 0 Å². The average Bonchev–Trinajstić information content (AvgIpc) is 2.62. The maximum Gasteiger partial charge on any atom is 0.234 e. The van der Waals surface area contributed by atoms with Gasteiger partial charge in [0.2, 0.25) is 5.91 Å². The van der Waals surface area contributed by atoms with Gasteiger partial charge < -0.3 is 10.4 Å². The third-order valence-corrected chi connectivity index (χ3v) is 2.50. The zero-order valence-electron chi connectivity index (χ0n) is 8.41. The molecule has 1 atom stereocenters. The van der Waals surface area contributed by atoms with E-state index in [1.165, 1.54) is 0 Å². The van der Waals surface area contributed by atoms with Gasteiger partial charge in [-0.1, -0.05) is 6.08 Å². The molecule has 1 aliphatic heterocycles. The minimum absolute atomic E-state index is 0.00486. The molecule has 0 radical (unpaired) electrons. The van der Waals surface area contributed by atoms with Crippen molar-refractivity contribution in [2.75, 3.05) is 26.2 Å². The van der Waals surface area contributed by atoms with Crippen LogP contribution >= 0.6 is 0 Å². The fourth-order valence-electron chi connectivity index (χ4n) is 1.74. The Morgan fingerprint density at radius 2 is 2.50 bits per heavy atom. The lowest BCUT2D eigenvalue weighted by Crippen LogP contribution is -2.41. The molecule has 1 aliphatic rings. The molecule has 1 amide bonds. The fraction of sp³-hybridized carbons (Fsp3) is 0.700. The molecule has 1 fully saturated rings. The monoisotopic (exact) mass is 198 g/mol. The average molecular weight is 198 g/mol. The van der Waals surface area contributed by atoms with Gasteiger partial charge in [-0.05, 0) is 19.4 Å². The van der Waals surface area contributed by atoms with Crippen molar-refractivity contribution in [2.24, 2.45) is 0 Å². The van der Waals surface area contributed by atoms with Crippen molar-refractivity contribution in [1.29, 1.82) is 0 Å². The lowest BCUT2D eigenvalue weighted by molar-refractivity contribution is -0.122. The molecular weight excluding hydrogens is 180 g/mol. The summed E-state index contributed by atoms with van der Waals surface area (Å²) in [7, 11) is 0. The maximum absolute atomic E-state index is 11.3. The van der Waals surface area contributed by atoms with Crippen LogP contribution < -0.4 is 5.32 Å². The number of likely N-dealkylation sites (tertiary alicyclic amines) is 1. The van der Waals surface area contributed by atoms with Crippen LogP contribution in [0.4, 0.5) is 0 Å². The highest BCUT2D eigenvalue weighted by Gasteiger charge is 2.24. The molecule has 80 valence electrons. The van der Waals surface area contributed by atoms with Crippen LogP contribution in [0.15, 0.2) is 12.7 Å². The van der Waals surface area contributed by atoms with E-state index in [1.54, 1.807) is 6.08 Å². The molecule has 0 bridgehead atoms. The number of carbonyl (C=O) groups excluding carboxylic acids is 1. The van der Waals surface area contributed by atoms with Gasteiger partial charge in [-0.3, -0.25) is 9.69 Å². The summed E-state index contributed by atoms with van der Waals surface area (Å²) >= 11 is 0. The molecule has 0 spiro atoms. The summed E-state index contributed by atoms with van der Waals surface area (Å²) < 4.78 is 0. The van der Waals surface area contributed by atoms with E-state index in [1.807, 2.05) is 4.90 Å². The van der Waals surface area contributed by atoms with Crippen LogP contribution in [-0.2, 0) is 4.79 Å². The van der Waals surface area contributed by atoms with E-state index in [-0.39, 0.29) is 18.6 Å². The van der Waals surface area contributed by atoms with Crippen molar-refractivity contribution in [3.05, 3.63) is 12.7 Å². The summed E-state index contributed by atoms with van der Waals surface area (Å²) in [5.74, 6) is 0.00486. The second kappa shape index (κ2) is 5.78. The number of rotatable bonds is 5. The first-order chi connectivity index (χ1) is 6.77. The predicted octanol–water partition coefficient (Wildman–Crippen LogP) is -0.255. The number of hydrogen-bond acceptors (Lipinski definition) is 3. The molecule has 0 aliphatic carbocycles. The number of aliphatic hydroxyl groups is 1. The van der Waals surface area contributed by atoms with E-state index in [0.717, 1.165) is 19.4 Å². The molecule has 0 aromatic carbocycles. The zero-order valence-corrected chi connectivity index (χ0v) is 8.41. The third-order valence-electron chi connectivity index (χ3n) is 2.50. The van der Waals surface area contributed by atoms with Crippen LogP contribution in [0, 0.1) is 0 Å². The van der Waals surface area contributed by atoms with E-state index in [4.69, 9.17) is 5.11 Å². The molecule has 0 aromatic rings. The van der Waals surface area contributed by atoms with Crippen molar-refractivity contribution < 1.29 is 9.90 Å². The summed E-state index contributed by atoms with van der Waals surface area (Å²) in [6.45, 7) is 5.48. The molecule has 4 heteroatoms. The topological polar surface area (TPSA) is 52.6 Å². The first-order valence-electron chi connectivity index (χ1n) is 5.00. The van der Waals surface area contributed by atoms with Crippen LogP contribution in [-0.4, -0.2) is 48.2 Å².